The van der Waals surface area contributed by atoms with Gasteiger partial charge in [-0.05, 0) is 88.9 Å². The number of likely N-dealkylation sites (N-methyl/N-ethyl adjacent to an activating group) is 1. The van der Waals surface area contributed by atoms with Gasteiger partial charge in [0.05, 0.1) is 35.1 Å². The molecule has 0 saturated carbocycles. The van der Waals surface area contributed by atoms with E-state index >= 15 is 0 Å². The Morgan fingerprint density at radius 1 is 0.939 bits per heavy atom. The third kappa shape index (κ3) is 13.5. The van der Waals surface area contributed by atoms with Crippen LogP contribution in [0.5, 0.6) is 5.75 Å². The number of anilines is 2. The SMILES string of the molecule is CN(C=S)c1cnc(C#N)c(C(F)(F)F)c1.CN(c1ccc(-c2ccc(OCCCCOCC(=O)OC(C)(C)C)cc2)cc1)C(C)(C)C=O. The van der Waals surface area contributed by atoms with E-state index in [2.05, 4.69) is 29.3 Å². The van der Waals surface area contributed by atoms with Gasteiger partial charge in [-0.1, -0.05) is 36.5 Å². The number of carbonyl (C=O) groups excluding carboxylic acids is 2. The minimum Gasteiger partial charge on any atom is -0.494 e. The molecule has 0 spiro atoms. The van der Waals surface area contributed by atoms with Gasteiger partial charge in [0, 0.05) is 26.4 Å². The van der Waals surface area contributed by atoms with E-state index in [-0.39, 0.29) is 18.3 Å². The first-order chi connectivity index (χ1) is 22.9. The molecule has 0 unspecified atom stereocenters. The summed E-state index contributed by atoms with van der Waals surface area (Å²) in [7, 11) is 3.42. The van der Waals surface area contributed by atoms with Crippen molar-refractivity contribution in [2.24, 2.45) is 0 Å². The lowest BCUT2D eigenvalue weighted by Gasteiger charge is -2.32. The molecule has 1 heterocycles. The lowest BCUT2D eigenvalue weighted by Crippen LogP contribution is -2.42. The van der Waals surface area contributed by atoms with Gasteiger partial charge in [0.1, 0.15) is 30.3 Å². The molecule has 49 heavy (non-hydrogen) atoms. The van der Waals surface area contributed by atoms with Crippen LogP contribution in [0.3, 0.4) is 0 Å². The molecule has 0 atom stereocenters. The highest BCUT2D eigenvalue weighted by atomic mass is 32.1. The van der Waals surface area contributed by atoms with Crippen LogP contribution in [0.2, 0.25) is 0 Å². The number of rotatable bonds is 14. The highest BCUT2D eigenvalue weighted by Gasteiger charge is 2.35. The summed E-state index contributed by atoms with van der Waals surface area (Å²) in [6.45, 7) is 10.4. The van der Waals surface area contributed by atoms with Gasteiger partial charge < -0.3 is 28.8 Å². The van der Waals surface area contributed by atoms with E-state index in [1.807, 2.05) is 83.0 Å². The number of carbonyl (C=O) groups is 2. The molecule has 0 aliphatic carbocycles. The van der Waals surface area contributed by atoms with Crippen molar-refractivity contribution in [3.63, 3.8) is 0 Å². The van der Waals surface area contributed by atoms with Crippen LogP contribution in [0.4, 0.5) is 24.5 Å². The van der Waals surface area contributed by atoms with E-state index < -0.39 is 28.6 Å². The Kier molecular flexibility index (Phi) is 15.2. The number of hydrogen-bond donors (Lipinski definition) is 0. The Hall–Kier alpha value is -4.54. The van der Waals surface area contributed by atoms with Crippen LogP contribution in [0.25, 0.3) is 11.1 Å². The lowest BCUT2D eigenvalue weighted by molar-refractivity contribution is -0.160. The fourth-order valence-corrected chi connectivity index (χ4v) is 4.19. The molecule has 0 saturated heterocycles. The first-order valence-corrected chi connectivity index (χ1v) is 15.9. The number of hydrogen-bond acceptors (Lipinski definition) is 9. The second kappa shape index (κ2) is 18.3. The van der Waals surface area contributed by atoms with E-state index in [4.69, 9.17) is 19.5 Å². The van der Waals surface area contributed by atoms with Crippen LogP contribution < -0.4 is 14.5 Å². The molecule has 0 bridgehead atoms. The number of benzene rings is 2. The average molecular weight is 701 g/mol. The molecular weight excluding hydrogens is 657 g/mol. The van der Waals surface area contributed by atoms with Crippen LogP contribution in [0.1, 0.15) is 58.7 Å². The second-order valence-corrected chi connectivity index (χ2v) is 12.7. The van der Waals surface area contributed by atoms with Gasteiger partial charge >= 0.3 is 12.1 Å². The molecule has 3 aromatic rings. The van der Waals surface area contributed by atoms with E-state index in [1.54, 1.807) is 0 Å². The topological polar surface area (TPSA) is 105 Å². The van der Waals surface area contributed by atoms with Gasteiger partial charge in [0.25, 0.3) is 0 Å². The van der Waals surface area contributed by atoms with E-state index in [0.29, 0.717) is 13.2 Å². The summed E-state index contributed by atoms with van der Waals surface area (Å²) in [6.07, 6.45) is -0.839. The number of aromatic nitrogens is 1. The molecule has 0 aliphatic rings. The quantitative estimate of drug-likeness (QED) is 0.0721. The van der Waals surface area contributed by atoms with E-state index in [1.165, 1.54) is 23.5 Å². The van der Waals surface area contributed by atoms with Gasteiger partial charge in [-0.15, -0.1) is 0 Å². The van der Waals surface area contributed by atoms with Crippen molar-refractivity contribution in [2.75, 3.05) is 43.7 Å². The summed E-state index contributed by atoms with van der Waals surface area (Å²) in [5.41, 5.74) is 1.82. The maximum absolute atomic E-state index is 12.5. The summed E-state index contributed by atoms with van der Waals surface area (Å²) >= 11 is 4.58. The number of nitrogens with zero attached hydrogens (tertiary/aromatic N) is 4. The Bertz CT molecular complexity index is 1570. The summed E-state index contributed by atoms with van der Waals surface area (Å²) < 4.78 is 54.0. The Morgan fingerprint density at radius 2 is 1.51 bits per heavy atom. The number of pyridine rings is 1. The van der Waals surface area contributed by atoms with Crippen molar-refractivity contribution < 1.29 is 37.0 Å². The molecule has 1 aromatic heterocycles. The highest BCUT2D eigenvalue weighted by Crippen LogP contribution is 2.33. The van der Waals surface area contributed by atoms with Crippen LogP contribution >= 0.6 is 12.2 Å². The standard InChI is InChI=1S/C27H37NO5.C9H6F3N3S/c1-26(2,3)33-25(30)19-31-17-7-8-18-32-24-15-11-22(12-16-24)21-9-13-23(14-10-21)28(6)27(4,5)20-29;1-15(5-16)6-2-7(9(10,11)12)8(3-13)14-4-6/h9-16,20H,7-8,17-19H2,1-6H3;2,4-5H,1H3. The highest BCUT2D eigenvalue weighted by molar-refractivity contribution is 7.79. The smallest absolute Gasteiger partial charge is 0.419 e. The molecule has 13 heteroatoms. The molecule has 3 rings (SSSR count). The Labute approximate surface area is 291 Å². The summed E-state index contributed by atoms with van der Waals surface area (Å²) in [5, 5.41) is 8.51. The Morgan fingerprint density at radius 3 is 2.02 bits per heavy atom. The molecule has 264 valence electrons. The predicted molar refractivity (Wildman–Crippen MR) is 188 cm³/mol. The zero-order valence-electron chi connectivity index (χ0n) is 28.8. The average Bonchev–Trinajstić information content (AvgIpc) is 3.06. The van der Waals surface area contributed by atoms with Crippen molar-refractivity contribution in [2.45, 2.75) is 64.8 Å². The number of aldehydes is 1. The van der Waals surface area contributed by atoms with Gasteiger partial charge in [0.15, 0.2) is 5.69 Å². The normalized spacial score (nSPS) is 11.4. The third-order valence-electron chi connectivity index (χ3n) is 7.04. The second-order valence-electron chi connectivity index (χ2n) is 12.5. The van der Waals surface area contributed by atoms with Crippen molar-refractivity contribution in [1.29, 1.82) is 5.26 Å². The van der Waals surface area contributed by atoms with Gasteiger partial charge in [-0.3, -0.25) is 0 Å². The number of halogens is 3. The van der Waals surface area contributed by atoms with Crippen molar-refractivity contribution in [3.05, 3.63) is 72.1 Å². The minimum atomic E-state index is -4.60. The fourth-order valence-electron chi connectivity index (χ4n) is 4.07. The third-order valence-corrected chi connectivity index (χ3v) is 7.35. The number of thiocarbonyl (C=S) groups is 1. The molecule has 0 aliphatic heterocycles. The number of esters is 1. The summed E-state index contributed by atoms with van der Waals surface area (Å²) in [5.74, 6) is 0.475. The van der Waals surface area contributed by atoms with Crippen LogP contribution in [-0.2, 0) is 25.2 Å². The molecule has 0 radical (unpaired) electrons. The first kappa shape index (κ1) is 40.6. The maximum Gasteiger partial charge on any atom is 0.419 e. The number of nitriles is 1. The van der Waals surface area contributed by atoms with Crippen LogP contribution in [0.15, 0.2) is 60.8 Å². The molecule has 2 aromatic carbocycles. The molecule has 0 N–H and O–H groups in total. The van der Waals surface area contributed by atoms with E-state index in [0.717, 1.165) is 54.0 Å². The molecule has 0 amide bonds. The van der Waals surface area contributed by atoms with E-state index in [9.17, 15) is 22.8 Å². The molecule has 0 fully saturated rings. The first-order valence-electron chi connectivity index (χ1n) is 15.4. The monoisotopic (exact) mass is 700 g/mol. The largest absolute Gasteiger partial charge is 0.494 e. The Balaban J connectivity index is 0.000000435. The van der Waals surface area contributed by atoms with Crippen molar-refractivity contribution >= 4 is 41.3 Å². The number of ether oxygens (including phenoxy) is 3. The number of unbranched alkanes of at least 4 members (excludes halogenated alkanes) is 1. The number of alkyl halides is 3. The lowest BCUT2D eigenvalue weighted by atomic mass is 10.0. The predicted octanol–water partition coefficient (Wildman–Crippen LogP) is 7.65. The molecule has 9 nitrogen and oxygen atoms in total. The van der Waals surface area contributed by atoms with Gasteiger partial charge in [-0.25, -0.2) is 9.78 Å². The minimum absolute atomic E-state index is 0.0221. The van der Waals surface area contributed by atoms with Crippen LogP contribution in [0, 0.1) is 11.3 Å². The summed E-state index contributed by atoms with van der Waals surface area (Å²) in [6, 6.07) is 18.4. The molecular formula is C36H43F3N4O5S. The summed E-state index contributed by atoms with van der Waals surface area (Å²) in [4.78, 5) is 29.6. The van der Waals surface area contributed by atoms with Gasteiger partial charge in [-0.2, -0.15) is 18.4 Å². The zero-order valence-corrected chi connectivity index (χ0v) is 29.7. The van der Waals surface area contributed by atoms with Gasteiger partial charge in [0.2, 0.25) is 0 Å². The zero-order chi connectivity index (χ0) is 36.8. The van der Waals surface area contributed by atoms with Crippen molar-refractivity contribution in [3.8, 4) is 22.9 Å². The maximum atomic E-state index is 12.5. The van der Waals surface area contributed by atoms with Crippen LogP contribution in [-0.4, -0.2) is 67.8 Å². The van der Waals surface area contributed by atoms with Crippen molar-refractivity contribution in [1.82, 2.24) is 4.98 Å². The fraction of sp³-hybridized carbons (Fsp3) is 0.417.